The lowest BCUT2D eigenvalue weighted by atomic mass is 9.72. The summed E-state index contributed by atoms with van der Waals surface area (Å²) in [6, 6.07) is 11.9. The van der Waals surface area contributed by atoms with E-state index in [9.17, 15) is 0 Å². The standard InChI is InChI=1S/C18H27N/c1-14-7-8-16(13-19-18-9-10-18)17(11-14)12-15-5-3-2-4-6-15/h2-6,14,16-19H,7-13H2,1H3. The molecular formula is C18H27N. The van der Waals surface area contributed by atoms with Crippen molar-refractivity contribution in [2.75, 3.05) is 6.54 Å². The van der Waals surface area contributed by atoms with E-state index in [2.05, 4.69) is 42.6 Å². The second kappa shape index (κ2) is 6.09. The lowest BCUT2D eigenvalue weighted by molar-refractivity contribution is 0.183. The summed E-state index contributed by atoms with van der Waals surface area (Å²) in [4.78, 5) is 0. The molecule has 2 aliphatic carbocycles. The first-order chi connectivity index (χ1) is 9.31. The van der Waals surface area contributed by atoms with E-state index in [0.717, 1.165) is 23.8 Å². The van der Waals surface area contributed by atoms with E-state index >= 15 is 0 Å². The maximum atomic E-state index is 3.76. The summed E-state index contributed by atoms with van der Waals surface area (Å²) in [5.74, 6) is 2.71. The summed E-state index contributed by atoms with van der Waals surface area (Å²) >= 11 is 0. The van der Waals surface area contributed by atoms with Crippen molar-refractivity contribution in [2.45, 2.75) is 51.5 Å². The lowest BCUT2D eigenvalue weighted by Crippen LogP contribution is -2.34. The van der Waals surface area contributed by atoms with Crippen molar-refractivity contribution < 1.29 is 0 Å². The van der Waals surface area contributed by atoms with E-state index in [4.69, 9.17) is 0 Å². The molecule has 1 heteroatoms. The summed E-state index contributed by atoms with van der Waals surface area (Å²) in [6.07, 6.45) is 8.38. The third-order valence-corrected chi connectivity index (χ3v) is 4.99. The van der Waals surface area contributed by atoms with Gasteiger partial charge in [-0.15, -0.1) is 0 Å². The summed E-state index contributed by atoms with van der Waals surface area (Å²) < 4.78 is 0. The highest BCUT2D eigenvalue weighted by atomic mass is 14.9. The SMILES string of the molecule is CC1CCC(CNC2CC2)C(Cc2ccccc2)C1. The monoisotopic (exact) mass is 257 g/mol. The molecule has 3 rings (SSSR count). The van der Waals surface area contributed by atoms with Crippen LogP contribution < -0.4 is 5.32 Å². The first-order valence-electron chi connectivity index (χ1n) is 8.08. The average molecular weight is 257 g/mol. The number of nitrogens with one attached hydrogen (secondary N) is 1. The van der Waals surface area contributed by atoms with Crippen LogP contribution in [-0.4, -0.2) is 12.6 Å². The Labute approximate surface area is 117 Å². The van der Waals surface area contributed by atoms with Crippen molar-refractivity contribution in [2.24, 2.45) is 17.8 Å². The summed E-state index contributed by atoms with van der Waals surface area (Å²) in [5, 5.41) is 3.76. The number of rotatable bonds is 5. The molecule has 0 heterocycles. The van der Waals surface area contributed by atoms with Crippen molar-refractivity contribution in [1.29, 1.82) is 0 Å². The van der Waals surface area contributed by atoms with Crippen LogP contribution in [0.2, 0.25) is 0 Å². The molecule has 0 aliphatic heterocycles. The van der Waals surface area contributed by atoms with Gasteiger partial charge >= 0.3 is 0 Å². The van der Waals surface area contributed by atoms with Crippen LogP contribution in [0.4, 0.5) is 0 Å². The molecule has 0 bridgehead atoms. The van der Waals surface area contributed by atoms with Crippen LogP contribution in [0, 0.1) is 17.8 Å². The van der Waals surface area contributed by atoms with E-state index in [-0.39, 0.29) is 0 Å². The highest BCUT2D eigenvalue weighted by Gasteiger charge is 2.30. The third kappa shape index (κ3) is 3.82. The van der Waals surface area contributed by atoms with Gasteiger partial charge in [0.2, 0.25) is 0 Å². The van der Waals surface area contributed by atoms with Crippen LogP contribution in [0.5, 0.6) is 0 Å². The fourth-order valence-corrected chi connectivity index (χ4v) is 3.60. The van der Waals surface area contributed by atoms with Gasteiger partial charge in [-0.3, -0.25) is 0 Å². The van der Waals surface area contributed by atoms with Gasteiger partial charge in [-0.2, -0.15) is 0 Å². The third-order valence-electron chi connectivity index (χ3n) is 4.99. The van der Waals surface area contributed by atoms with Gasteiger partial charge in [-0.25, -0.2) is 0 Å². The van der Waals surface area contributed by atoms with Crippen molar-refractivity contribution in [1.82, 2.24) is 5.32 Å². The highest BCUT2D eigenvalue weighted by molar-refractivity contribution is 5.15. The second-order valence-corrected chi connectivity index (χ2v) is 6.81. The van der Waals surface area contributed by atoms with Gasteiger partial charge in [0.25, 0.3) is 0 Å². The molecule has 0 spiro atoms. The summed E-state index contributed by atoms with van der Waals surface area (Å²) in [7, 11) is 0. The van der Waals surface area contributed by atoms with Gasteiger partial charge in [0.1, 0.15) is 0 Å². The molecule has 1 aromatic rings. The smallest absolute Gasteiger partial charge is 0.00683 e. The summed E-state index contributed by atoms with van der Waals surface area (Å²) in [6.45, 7) is 3.69. The zero-order valence-electron chi connectivity index (χ0n) is 12.1. The van der Waals surface area contributed by atoms with Gasteiger partial charge in [0.05, 0.1) is 0 Å². The molecule has 3 unspecified atom stereocenters. The Balaban J connectivity index is 1.59. The van der Waals surface area contributed by atoms with Crippen molar-refractivity contribution in [3.63, 3.8) is 0 Å². The zero-order valence-corrected chi connectivity index (χ0v) is 12.1. The van der Waals surface area contributed by atoms with Gasteiger partial charge in [0, 0.05) is 6.04 Å². The molecule has 0 amide bonds. The topological polar surface area (TPSA) is 12.0 Å². The van der Waals surface area contributed by atoms with Gasteiger partial charge < -0.3 is 5.32 Å². The molecular weight excluding hydrogens is 230 g/mol. The van der Waals surface area contributed by atoms with Crippen LogP contribution in [0.1, 0.15) is 44.6 Å². The fraction of sp³-hybridized carbons (Fsp3) is 0.667. The van der Waals surface area contributed by atoms with Crippen LogP contribution in [0.15, 0.2) is 30.3 Å². The Hall–Kier alpha value is -0.820. The summed E-state index contributed by atoms with van der Waals surface area (Å²) in [5.41, 5.74) is 1.53. The number of benzene rings is 1. The molecule has 3 atom stereocenters. The average Bonchev–Trinajstić information content (AvgIpc) is 3.23. The second-order valence-electron chi connectivity index (χ2n) is 6.81. The van der Waals surface area contributed by atoms with Crippen molar-refractivity contribution >= 4 is 0 Å². The number of hydrogen-bond acceptors (Lipinski definition) is 1. The minimum absolute atomic E-state index is 0.858. The first-order valence-corrected chi connectivity index (χ1v) is 8.08. The molecule has 104 valence electrons. The minimum Gasteiger partial charge on any atom is -0.314 e. The predicted molar refractivity (Wildman–Crippen MR) is 81.2 cm³/mol. The molecule has 1 aromatic carbocycles. The van der Waals surface area contributed by atoms with Crippen LogP contribution in [0.3, 0.4) is 0 Å². The molecule has 0 aromatic heterocycles. The van der Waals surface area contributed by atoms with E-state index in [0.29, 0.717) is 0 Å². The molecule has 0 saturated heterocycles. The lowest BCUT2D eigenvalue weighted by Gasteiger charge is -2.35. The van der Waals surface area contributed by atoms with Crippen LogP contribution in [-0.2, 0) is 6.42 Å². The quantitative estimate of drug-likeness (QED) is 0.839. The molecule has 1 nitrogen and oxygen atoms in total. The minimum atomic E-state index is 0.858. The molecule has 2 aliphatic rings. The van der Waals surface area contributed by atoms with E-state index < -0.39 is 0 Å². The van der Waals surface area contributed by atoms with E-state index in [1.54, 1.807) is 0 Å². The normalized spacial score (nSPS) is 31.3. The molecule has 2 fully saturated rings. The largest absolute Gasteiger partial charge is 0.314 e. The van der Waals surface area contributed by atoms with Crippen LogP contribution in [0.25, 0.3) is 0 Å². The zero-order chi connectivity index (χ0) is 13.1. The van der Waals surface area contributed by atoms with E-state index in [1.807, 2.05) is 0 Å². The Bertz CT molecular complexity index is 382. The first kappa shape index (κ1) is 13.2. The highest BCUT2D eigenvalue weighted by Crippen LogP contribution is 2.36. The van der Waals surface area contributed by atoms with Gasteiger partial charge in [-0.1, -0.05) is 43.7 Å². The van der Waals surface area contributed by atoms with Gasteiger partial charge in [-0.05, 0) is 62.0 Å². The molecule has 0 radical (unpaired) electrons. The molecule has 19 heavy (non-hydrogen) atoms. The van der Waals surface area contributed by atoms with Crippen molar-refractivity contribution in [3.05, 3.63) is 35.9 Å². The Kier molecular flexibility index (Phi) is 4.22. The fourth-order valence-electron chi connectivity index (χ4n) is 3.60. The Morgan fingerprint density at radius 1 is 1.00 bits per heavy atom. The Morgan fingerprint density at radius 2 is 1.79 bits per heavy atom. The molecule has 2 saturated carbocycles. The maximum Gasteiger partial charge on any atom is 0.00683 e. The Morgan fingerprint density at radius 3 is 2.53 bits per heavy atom. The van der Waals surface area contributed by atoms with Crippen molar-refractivity contribution in [3.8, 4) is 0 Å². The predicted octanol–water partition coefficient (Wildman–Crippen LogP) is 4.03. The van der Waals surface area contributed by atoms with Gasteiger partial charge in [0.15, 0.2) is 0 Å². The number of hydrogen-bond donors (Lipinski definition) is 1. The van der Waals surface area contributed by atoms with E-state index in [1.165, 1.54) is 50.6 Å². The van der Waals surface area contributed by atoms with Crippen LogP contribution >= 0.6 is 0 Å². The molecule has 1 N–H and O–H groups in total. The maximum absolute atomic E-state index is 3.76.